The van der Waals surface area contributed by atoms with Crippen LogP contribution in [0.2, 0.25) is 0 Å². The lowest BCUT2D eigenvalue weighted by Crippen LogP contribution is -2.05. The second-order valence-electron chi connectivity index (χ2n) is 14.8. The summed E-state index contributed by atoms with van der Waals surface area (Å²) < 4.78 is 137. The maximum absolute atomic E-state index is 12.5. The number of azo groups is 3. The van der Waals surface area contributed by atoms with Gasteiger partial charge in [-0.25, -0.2) is 0 Å². The zero-order chi connectivity index (χ0) is 48.1. The third kappa shape index (κ3) is 10.1. The Kier molecular flexibility index (Phi) is 12.5. The average Bonchev–Trinajstić information content (AvgIpc) is 3.22. The van der Waals surface area contributed by atoms with E-state index < -0.39 is 88.0 Å². The molecule has 7 aromatic carbocycles. The summed E-state index contributed by atoms with van der Waals surface area (Å²) in [4.78, 5) is -3.53. The Labute approximate surface area is 377 Å². The molecule has 7 aromatic rings. The number of nitrogens with zero attached hydrogens (tertiary/aromatic N) is 6. The number of hydrogen-bond acceptors (Lipinski definition) is 16. The van der Waals surface area contributed by atoms with Gasteiger partial charge in [-0.3, -0.25) is 18.2 Å². The minimum Gasteiger partial charge on any atom is -0.505 e. The molecule has 0 saturated heterocycles. The quantitative estimate of drug-likeness (QED) is 0.0490. The number of para-hydroxylation sites is 1. The molecule has 0 radical (unpaired) electrons. The number of benzene rings is 7. The third-order valence-electron chi connectivity index (χ3n) is 10.0. The van der Waals surface area contributed by atoms with Crippen molar-refractivity contribution in [3.63, 3.8) is 0 Å². The highest BCUT2D eigenvalue weighted by Gasteiger charge is 2.26. The van der Waals surface area contributed by atoms with Crippen LogP contribution in [0.3, 0.4) is 0 Å². The second-order valence-corrected chi connectivity index (χ2v) is 20.4. The van der Waals surface area contributed by atoms with Crippen LogP contribution in [0.4, 0.5) is 45.5 Å². The zero-order valence-corrected chi connectivity index (χ0v) is 37.9. The molecule has 0 unspecified atom stereocenters. The fourth-order valence-corrected chi connectivity index (χ4v) is 9.34. The third-order valence-corrected chi connectivity index (χ3v) is 13.5. The molecule has 0 aromatic heterocycles. The standard InChI is InChI=1S/C42H35N7O13S4/c1-22-13-35(46-48-37-21-32-27(18-39(37)65(57,58)59)17-30(63(51,52)53)20-38(32)64(54,55)56)23(2)12-33(22)44-45-34-14-25(4)36(15-24(34)3)47-49-41-40(66(60,61)62)19-26-16-29(10-11-31(26)42(41)50)43-28-8-6-5-7-9-28/h5-21,43,50H,1-4H3,(H,51,52,53)(H,54,55,56)(H,57,58,59)(H,60,61,62). The lowest BCUT2D eigenvalue weighted by molar-refractivity contribution is 0.472. The van der Waals surface area contributed by atoms with Crippen LogP contribution < -0.4 is 5.32 Å². The zero-order valence-electron chi connectivity index (χ0n) is 34.6. The average molecular weight is 974 g/mol. The van der Waals surface area contributed by atoms with Crippen LogP contribution in [-0.2, 0) is 40.5 Å². The van der Waals surface area contributed by atoms with E-state index >= 15 is 0 Å². The molecule has 0 heterocycles. The number of phenolic OH excluding ortho intramolecular Hbond substituents is 1. The molecule has 24 heteroatoms. The van der Waals surface area contributed by atoms with Gasteiger partial charge in [0.2, 0.25) is 0 Å². The maximum Gasteiger partial charge on any atom is 0.296 e. The minimum atomic E-state index is -5.15. The molecule has 0 atom stereocenters. The minimum absolute atomic E-state index is 0.186. The van der Waals surface area contributed by atoms with Gasteiger partial charge in [-0.2, -0.15) is 54.1 Å². The normalized spacial score (nSPS) is 12.9. The predicted molar refractivity (Wildman–Crippen MR) is 243 cm³/mol. The van der Waals surface area contributed by atoms with Crippen molar-refractivity contribution in [3.8, 4) is 5.75 Å². The number of nitrogens with one attached hydrogen (secondary N) is 1. The molecule has 0 spiro atoms. The molecule has 0 amide bonds. The van der Waals surface area contributed by atoms with Crippen molar-refractivity contribution in [1.82, 2.24) is 0 Å². The highest BCUT2D eigenvalue weighted by atomic mass is 32.2. The summed E-state index contributed by atoms with van der Waals surface area (Å²) in [6.45, 7) is 6.70. The summed E-state index contributed by atoms with van der Waals surface area (Å²) in [6, 6.07) is 24.5. The van der Waals surface area contributed by atoms with Gasteiger partial charge in [-0.1, -0.05) is 18.2 Å². The van der Waals surface area contributed by atoms with Crippen LogP contribution >= 0.6 is 0 Å². The van der Waals surface area contributed by atoms with Gasteiger partial charge < -0.3 is 10.4 Å². The van der Waals surface area contributed by atoms with Crippen molar-refractivity contribution in [3.05, 3.63) is 125 Å². The Morgan fingerprint density at radius 1 is 0.409 bits per heavy atom. The molecule has 0 saturated carbocycles. The summed E-state index contributed by atoms with van der Waals surface area (Å²) in [5, 5.41) is 39.3. The predicted octanol–water partition coefficient (Wildman–Crippen LogP) is 10.9. The van der Waals surface area contributed by atoms with Crippen LogP contribution in [0.5, 0.6) is 5.75 Å². The number of aromatic hydroxyl groups is 1. The molecule has 6 N–H and O–H groups in total. The topological polar surface area (TPSA) is 324 Å². The highest BCUT2D eigenvalue weighted by molar-refractivity contribution is 7.87. The van der Waals surface area contributed by atoms with Gasteiger partial charge in [0.25, 0.3) is 40.5 Å². The molecule has 0 aliphatic rings. The first-order valence-corrected chi connectivity index (χ1v) is 24.7. The Hall–Kier alpha value is -6.90. The molecular weight excluding hydrogens is 939 g/mol. The van der Waals surface area contributed by atoms with E-state index in [1.807, 2.05) is 30.3 Å². The van der Waals surface area contributed by atoms with Gasteiger partial charge in [0, 0.05) is 22.1 Å². The number of aryl methyl sites for hydroxylation is 4. The lowest BCUT2D eigenvalue weighted by Gasteiger charge is -2.12. The van der Waals surface area contributed by atoms with E-state index in [-0.39, 0.29) is 16.8 Å². The molecule has 66 heavy (non-hydrogen) atoms. The number of rotatable bonds is 12. The molecule has 340 valence electrons. The lowest BCUT2D eigenvalue weighted by atomic mass is 10.1. The Morgan fingerprint density at radius 3 is 1.35 bits per heavy atom. The first-order valence-electron chi connectivity index (χ1n) is 18.9. The van der Waals surface area contributed by atoms with E-state index in [1.54, 1.807) is 64.1 Å². The van der Waals surface area contributed by atoms with Crippen LogP contribution in [0.15, 0.2) is 153 Å². The first kappa shape index (κ1) is 47.1. The van der Waals surface area contributed by atoms with Gasteiger partial charge in [0.1, 0.15) is 26.1 Å². The van der Waals surface area contributed by atoms with Crippen molar-refractivity contribution in [2.24, 2.45) is 30.7 Å². The van der Waals surface area contributed by atoms with E-state index in [2.05, 4.69) is 36.0 Å². The van der Waals surface area contributed by atoms with E-state index in [0.29, 0.717) is 56.8 Å². The van der Waals surface area contributed by atoms with E-state index in [0.717, 1.165) is 17.8 Å². The van der Waals surface area contributed by atoms with E-state index in [9.17, 15) is 57.0 Å². The Morgan fingerprint density at radius 2 is 0.864 bits per heavy atom. The molecule has 0 aliphatic carbocycles. The van der Waals surface area contributed by atoms with Gasteiger partial charge in [0.05, 0.1) is 27.6 Å². The molecular formula is C42H35N7O13S4. The maximum atomic E-state index is 12.5. The molecule has 7 rings (SSSR count). The second kappa shape index (κ2) is 17.5. The Bertz CT molecular complexity index is 3740. The van der Waals surface area contributed by atoms with Gasteiger partial charge in [-0.05, 0) is 146 Å². The Balaban J connectivity index is 1.17. The van der Waals surface area contributed by atoms with Gasteiger partial charge in [0.15, 0.2) is 5.75 Å². The molecule has 0 aliphatic heterocycles. The number of fused-ring (bicyclic) bond motifs is 2. The SMILES string of the molecule is Cc1cc(N=Nc2cc3c(S(=O)(=O)O)cc(S(=O)(=O)O)cc3cc2S(=O)(=O)O)c(C)cc1N=Nc1cc(C)c(N=Nc2c(S(=O)(=O)O)cc3cc(Nc4ccccc4)ccc3c2O)cc1C. The number of hydrogen-bond donors (Lipinski definition) is 6. The van der Waals surface area contributed by atoms with Crippen molar-refractivity contribution < 1.29 is 57.0 Å². The largest absolute Gasteiger partial charge is 0.505 e. The summed E-state index contributed by atoms with van der Waals surface area (Å²) in [5.74, 6) is -0.516. The molecule has 0 fully saturated rings. The number of anilines is 2. The summed E-state index contributed by atoms with van der Waals surface area (Å²) in [6.07, 6.45) is 0. The highest BCUT2D eigenvalue weighted by Crippen LogP contribution is 2.43. The van der Waals surface area contributed by atoms with Crippen molar-refractivity contribution >= 4 is 108 Å². The van der Waals surface area contributed by atoms with E-state index in [1.165, 1.54) is 12.1 Å². The van der Waals surface area contributed by atoms with E-state index in [4.69, 9.17) is 0 Å². The molecule has 0 bridgehead atoms. The molecule has 20 nitrogen and oxygen atoms in total. The van der Waals surface area contributed by atoms with Crippen LogP contribution in [0.25, 0.3) is 21.5 Å². The fraction of sp³-hybridized carbons (Fsp3) is 0.0952. The van der Waals surface area contributed by atoms with Crippen LogP contribution in [0.1, 0.15) is 22.3 Å². The smallest absolute Gasteiger partial charge is 0.296 e. The monoisotopic (exact) mass is 973 g/mol. The van der Waals surface area contributed by atoms with Gasteiger partial charge >= 0.3 is 0 Å². The van der Waals surface area contributed by atoms with Gasteiger partial charge in [-0.15, -0.1) is 10.2 Å². The van der Waals surface area contributed by atoms with Crippen LogP contribution in [0, 0.1) is 27.7 Å². The summed E-state index contributed by atoms with van der Waals surface area (Å²) in [5.41, 5.74) is 3.69. The van der Waals surface area contributed by atoms with Crippen molar-refractivity contribution in [2.75, 3.05) is 5.32 Å². The number of phenols is 1. The summed E-state index contributed by atoms with van der Waals surface area (Å²) in [7, 11) is -20.2. The van der Waals surface area contributed by atoms with Crippen molar-refractivity contribution in [2.45, 2.75) is 47.3 Å². The van der Waals surface area contributed by atoms with Crippen molar-refractivity contribution in [1.29, 1.82) is 0 Å². The van der Waals surface area contributed by atoms with Crippen LogP contribution in [-0.4, -0.2) is 57.0 Å². The summed E-state index contributed by atoms with van der Waals surface area (Å²) >= 11 is 0. The fourth-order valence-electron chi connectivity index (χ4n) is 6.70. The first-order chi connectivity index (χ1) is 30.8.